The first kappa shape index (κ1) is 12.4. The van der Waals surface area contributed by atoms with E-state index in [9.17, 15) is 5.11 Å². The van der Waals surface area contributed by atoms with Crippen LogP contribution in [0.2, 0.25) is 10.0 Å². The van der Waals surface area contributed by atoms with Crippen LogP contribution >= 0.6 is 23.2 Å². The maximum Gasteiger partial charge on any atom is 0.0687 e. The molecule has 0 bridgehead atoms. The first-order chi connectivity index (χ1) is 8.11. The molecule has 0 aliphatic carbocycles. The molecule has 1 N–H and O–H groups in total. The van der Waals surface area contributed by atoms with Crippen LogP contribution in [0.25, 0.3) is 11.1 Å². The number of benzene rings is 2. The fourth-order valence-electron chi connectivity index (χ4n) is 1.82. The summed E-state index contributed by atoms with van der Waals surface area (Å²) in [6, 6.07) is 11.2. The predicted molar refractivity (Wildman–Crippen MR) is 72.6 cm³/mol. The molecular formula is C14H12Cl2O. The van der Waals surface area contributed by atoms with Gasteiger partial charge in [-0.25, -0.2) is 0 Å². The number of hydrogen-bond acceptors (Lipinski definition) is 1. The summed E-state index contributed by atoms with van der Waals surface area (Å²) in [6.45, 7) is 1.97. The van der Waals surface area contributed by atoms with Crippen LogP contribution in [0.4, 0.5) is 0 Å². The second kappa shape index (κ2) is 5.09. The molecule has 1 nitrogen and oxygen atoms in total. The van der Waals surface area contributed by atoms with E-state index in [-0.39, 0.29) is 6.61 Å². The quantitative estimate of drug-likeness (QED) is 0.851. The van der Waals surface area contributed by atoms with Crippen molar-refractivity contribution in [1.82, 2.24) is 0 Å². The van der Waals surface area contributed by atoms with Crippen molar-refractivity contribution in [3.05, 3.63) is 57.6 Å². The minimum Gasteiger partial charge on any atom is -0.392 e. The van der Waals surface area contributed by atoms with E-state index in [1.165, 1.54) is 0 Å². The van der Waals surface area contributed by atoms with Gasteiger partial charge >= 0.3 is 0 Å². The summed E-state index contributed by atoms with van der Waals surface area (Å²) in [5, 5.41) is 10.7. The molecule has 2 aromatic carbocycles. The Balaban J connectivity index is 2.63. The van der Waals surface area contributed by atoms with Gasteiger partial charge in [0.1, 0.15) is 0 Å². The third-order valence-electron chi connectivity index (χ3n) is 2.65. The van der Waals surface area contributed by atoms with Gasteiger partial charge in [-0.1, -0.05) is 47.0 Å². The zero-order chi connectivity index (χ0) is 12.4. The number of hydrogen-bond donors (Lipinski definition) is 1. The van der Waals surface area contributed by atoms with Crippen molar-refractivity contribution in [2.75, 3.05) is 0 Å². The van der Waals surface area contributed by atoms with Gasteiger partial charge in [-0.3, -0.25) is 0 Å². The highest BCUT2D eigenvalue weighted by molar-refractivity contribution is 6.35. The van der Waals surface area contributed by atoms with Gasteiger partial charge in [0.25, 0.3) is 0 Å². The molecule has 0 saturated carbocycles. The SMILES string of the molecule is Cc1ccc(-c2cc(Cl)ccc2Cl)c(CO)c1. The number of aliphatic hydroxyl groups is 1. The first-order valence-electron chi connectivity index (χ1n) is 5.27. The van der Waals surface area contributed by atoms with Crippen LogP contribution in [0.1, 0.15) is 11.1 Å². The van der Waals surface area contributed by atoms with Crippen molar-refractivity contribution < 1.29 is 5.11 Å². The van der Waals surface area contributed by atoms with E-state index in [1.807, 2.05) is 31.2 Å². The second-order valence-electron chi connectivity index (χ2n) is 3.94. The van der Waals surface area contributed by atoms with Crippen molar-refractivity contribution in [2.45, 2.75) is 13.5 Å². The molecule has 0 aliphatic heterocycles. The van der Waals surface area contributed by atoms with Crippen LogP contribution in [-0.2, 0) is 6.61 Å². The van der Waals surface area contributed by atoms with E-state index in [0.717, 1.165) is 22.3 Å². The van der Waals surface area contributed by atoms with Gasteiger partial charge in [0.2, 0.25) is 0 Å². The minimum atomic E-state index is -0.0140. The Morgan fingerprint density at radius 1 is 1.00 bits per heavy atom. The lowest BCUT2D eigenvalue weighted by molar-refractivity contribution is 0.282. The second-order valence-corrected chi connectivity index (χ2v) is 4.79. The lowest BCUT2D eigenvalue weighted by atomic mass is 9.98. The molecule has 0 heterocycles. The van der Waals surface area contributed by atoms with Crippen LogP contribution in [-0.4, -0.2) is 5.11 Å². The fraction of sp³-hybridized carbons (Fsp3) is 0.143. The maximum absolute atomic E-state index is 9.39. The average Bonchev–Trinajstić information content (AvgIpc) is 2.32. The number of aliphatic hydroxyl groups excluding tert-OH is 1. The highest BCUT2D eigenvalue weighted by atomic mass is 35.5. The van der Waals surface area contributed by atoms with E-state index < -0.39 is 0 Å². The molecule has 0 amide bonds. The Morgan fingerprint density at radius 3 is 2.47 bits per heavy atom. The molecule has 0 aliphatic rings. The van der Waals surface area contributed by atoms with E-state index in [2.05, 4.69) is 0 Å². The minimum absolute atomic E-state index is 0.0140. The molecule has 0 spiro atoms. The van der Waals surface area contributed by atoms with Crippen molar-refractivity contribution in [2.24, 2.45) is 0 Å². The van der Waals surface area contributed by atoms with Gasteiger partial charge in [-0.2, -0.15) is 0 Å². The zero-order valence-corrected chi connectivity index (χ0v) is 10.9. The summed E-state index contributed by atoms with van der Waals surface area (Å²) in [6.07, 6.45) is 0. The van der Waals surface area contributed by atoms with Gasteiger partial charge < -0.3 is 5.11 Å². The average molecular weight is 267 g/mol. The zero-order valence-electron chi connectivity index (χ0n) is 9.37. The topological polar surface area (TPSA) is 20.2 Å². The number of aryl methyl sites for hydroxylation is 1. The Labute approximate surface area is 111 Å². The van der Waals surface area contributed by atoms with Gasteiger partial charge in [0.05, 0.1) is 6.61 Å². The van der Waals surface area contributed by atoms with Gasteiger partial charge in [-0.05, 0) is 36.2 Å². The van der Waals surface area contributed by atoms with Gasteiger partial charge in [0, 0.05) is 15.6 Å². The third-order valence-corrected chi connectivity index (χ3v) is 3.21. The molecule has 3 heteroatoms. The summed E-state index contributed by atoms with van der Waals surface area (Å²) in [5.41, 5.74) is 3.74. The van der Waals surface area contributed by atoms with Crippen molar-refractivity contribution in [1.29, 1.82) is 0 Å². The van der Waals surface area contributed by atoms with Crippen LogP contribution in [0, 0.1) is 6.92 Å². The van der Waals surface area contributed by atoms with E-state index in [1.54, 1.807) is 12.1 Å². The van der Waals surface area contributed by atoms with E-state index in [0.29, 0.717) is 10.0 Å². The Morgan fingerprint density at radius 2 is 1.76 bits per heavy atom. The summed E-state index contributed by atoms with van der Waals surface area (Å²) in [5.74, 6) is 0. The molecule has 0 atom stereocenters. The van der Waals surface area contributed by atoms with Crippen molar-refractivity contribution in [3.63, 3.8) is 0 Å². The third kappa shape index (κ3) is 2.63. The normalized spacial score (nSPS) is 10.6. The molecule has 17 heavy (non-hydrogen) atoms. The standard InChI is InChI=1S/C14H12Cl2O/c1-9-2-4-12(10(6-9)8-17)13-7-11(15)3-5-14(13)16/h2-7,17H,8H2,1H3. The molecule has 2 aromatic rings. The molecule has 2 rings (SSSR count). The molecule has 88 valence electrons. The summed E-state index contributed by atoms with van der Waals surface area (Å²) < 4.78 is 0. The molecule has 0 unspecified atom stereocenters. The highest BCUT2D eigenvalue weighted by Gasteiger charge is 2.09. The number of rotatable bonds is 2. The molecule has 0 saturated heterocycles. The first-order valence-corrected chi connectivity index (χ1v) is 6.03. The number of halogens is 2. The van der Waals surface area contributed by atoms with Crippen LogP contribution < -0.4 is 0 Å². The molecule has 0 fully saturated rings. The Kier molecular flexibility index (Phi) is 3.72. The summed E-state index contributed by atoms with van der Waals surface area (Å²) in [4.78, 5) is 0. The van der Waals surface area contributed by atoms with E-state index in [4.69, 9.17) is 23.2 Å². The van der Waals surface area contributed by atoms with Gasteiger partial charge in [-0.15, -0.1) is 0 Å². The fourth-order valence-corrected chi connectivity index (χ4v) is 2.21. The molecule has 0 radical (unpaired) electrons. The Bertz CT molecular complexity index is 550. The highest BCUT2D eigenvalue weighted by Crippen LogP contribution is 2.33. The van der Waals surface area contributed by atoms with Crippen molar-refractivity contribution in [3.8, 4) is 11.1 Å². The summed E-state index contributed by atoms with van der Waals surface area (Å²) >= 11 is 12.1. The van der Waals surface area contributed by atoms with E-state index >= 15 is 0 Å². The van der Waals surface area contributed by atoms with Crippen molar-refractivity contribution >= 4 is 23.2 Å². The lowest BCUT2D eigenvalue weighted by Crippen LogP contribution is -1.91. The molecule has 0 aromatic heterocycles. The monoisotopic (exact) mass is 266 g/mol. The maximum atomic E-state index is 9.39. The van der Waals surface area contributed by atoms with Crippen LogP contribution in [0.5, 0.6) is 0 Å². The van der Waals surface area contributed by atoms with Crippen LogP contribution in [0.3, 0.4) is 0 Å². The predicted octanol–water partition coefficient (Wildman–Crippen LogP) is 4.46. The largest absolute Gasteiger partial charge is 0.392 e. The Hall–Kier alpha value is -1.02. The lowest BCUT2D eigenvalue weighted by Gasteiger charge is -2.10. The smallest absolute Gasteiger partial charge is 0.0687 e. The summed E-state index contributed by atoms with van der Waals surface area (Å²) in [7, 11) is 0. The van der Waals surface area contributed by atoms with Gasteiger partial charge in [0.15, 0.2) is 0 Å². The van der Waals surface area contributed by atoms with Crippen LogP contribution in [0.15, 0.2) is 36.4 Å². The molecular weight excluding hydrogens is 255 g/mol.